The molecule has 0 aliphatic heterocycles. The van der Waals surface area contributed by atoms with E-state index in [2.05, 4.69) is 15.0 Å². The van der Waals surface area contributed by atoms with E-state index >= 15 is 0 Å². The molecule has 0 saturated heterocycles. The number of carbonyl (C=O) groups excluding carboxylic acids is 3. The molecule has 0 fully saturated rings. The molecule has 1 N–H and O–H groups in total. The van der Waals surface area contributed by atoms with Crippen LogP contribution >= 0.6 is 11.3 Å². The van der Waals surface area contributed by atoms with Gasteiger partial charge in [0.2, 0.25) is 5.91 Å². The number of anilines is 1. The molecule has 0 aliphatic rings. The molecule has 0 radical (unpaired) electrons. The van der Waals surface area contributed by atoms with E-state index in [1.54, 1.807) is 5.38 Å². The Morgan fingerprint density at radius 1 is 1.21 bits per heavy atom. The van der Waals surface area contributed by atoms with E-state index in [0.717, 1.165) is 0 Å². The first-order valence-electron chi connectivity index (χ1n) is 7.08. The SMILES string of the molecule is COC(=O)Cc1csc(NC(=O)CCC(=O)c2ccc(F)cc2)n1. The van der Waals surface area contributed by atoms with Gasteiger partial charge in [-0.2, -0.15) is 0 Å². The van der Waals surface area contributed by atoms with Gasteiger partial charge in [-0.05, 0) is 24.3 Å². The number of rotatable bonds is 7. The number of nitrogens with zero attached hydrogens (tertiary/aromatic N) is 1. The summed E-state index contributed by atoms with van der Waals surface area (Å²) < 4.78 is 17.3. The highest BCUT2D eigenvalue weighted by molar-refractivity contribution is 7.13. The molecule has 6 nitrogen and oxygen atoms in total. The summed E-state index contributed by atoms with van der Waals surface area (Å²) in [5.41, 5.74) is 0.864. The number of nitrogens with one attached hydrogen (secondary N) is 1. The molecule has 0 atom stereocenters. The van der Waals surface area contributed by atoms with Crippen LogP contribution in [0.1, 0.15) is 28.9 Å². The molecular weight excluding hydrogens is 335 g/mol. The number of ether oxygens (including phenoxy) is 1. The highest BCUT2D eigenvalue weighted by Gasteiger charge is 2.12. The van der Waals surface area contributed by atoms with Crippen molar-refractivity contribution in [2.75, 3.05) is 12.4 Å². The maximum atomic E-state index is 12.8. The van der Waals surface area contributed by atoms with Crippen LogP contribution in [0, 0.1) is 5.82 Å². The number of amides is 1. The fourth-order valence-electron chi connectivity index (χ4n) is 1.85. The second kappa shape index (κ2) is 8.30. The van der Waals surface area contributed by atoms with Gasteiger partial charge in [-0.15, -0.1) is 11.3 Å². The molecule has 0 saturated carbocycles. The van der Waals surface area contributed by atoms with Crippen molar-refractivity contribution in [1.82, 2.24) is 4.98 Å². The Morgan fingerprint density at radius 3 is 2.58 bits per heavy atom. The number of benzene rings is 1. The first-order valence-corrected chi connectivity index (χ1v) is 7.95. The number of hydrogen-bond donors (Lipinski definition) is 1. The van der Waals surface area contributed by atoms with Crippen LogP contribution in [0.15, 0.2) is 29.6 Å². The predicted molar refractivity (Wildman–Crippen MR) is 86.4 cm³/mol. The third-order valence-electron chi connectivity index (χ3n) is 3.10. The number of hydrogen-bond acceptors (Lipinski definition) is 6. The fraction of sp³-hybridized carbons (Fsp3) is 0.250. The van der Waals surface area contributed by atoms with Crippen LogP contribution in [-0.4, -0.2) is 29.8 Å². The summed E-state index contributed by atoms with van der Waals surface area (Å²) in [6.07, 6.45) is 0.0336. The highest BCUT2D eigenvalue weighted by atomic mass is 32.1. The molecule has 0 aliphatic carbocycles. The molecule has 0 bridgehead atoms. The van der Waals surface area contributed by atoms with Crippen LogP contribution in [0.5, 0.6) is 0 Å². The van der Waals surface area contributed by atoms with Gasteiger partial charge in [0, 0.05) is 23.8 Å². The average molecular weight is 350 g/mol. The molecule has 1 amide bonds. The van der Waals surface area contributed by atoms with Gasteiger partial charge < -0.3 is 10.1 Å². The number of thiazole rings is 1. The summed E-state index contributed by atoms with van der Waals surface area (Å²) in [7, 11) is 1.29. The number of ketones is 1. The van der Waals surface area contributed by atoms with E-state index in [1.165, 1.54) is 42.7 Å². The Labute approximate surface area is 141 Å². The van der Waals surface area contributed by atoms with E-state index in [0.29, 0.717) is 16.4 Å². The van der Waals surface area contributed by atoms with Crippen molar-refractivity contribution in [1.29, 1.82) is 0 Å². The predicted octanol–water partition coefficient (Wildman–Crippen LogP) is 2.60. The summed E-state index contributed by atoms with van der Waals surface area (Å²) in [4.78, 5) is 39.0. The van der Waals surface area contributed by atoms with Crippen LogP contribution in [0.4, 0.5) is 9.52 Å². The average Bonchev–Trinajstić information content (AvgIpc) is 3.00. The summed E-state index contributed by atoms with van der Waals surface area (Å²) in [5, 5.41) is 4.58. The monoisotopic (exact) mass is 350 g/mol. The van der Waals surface area contributed by atoms with Gasteiger partial charge in [0.05, 0.1) is 19.2 Å². The van der Waals surface area contributed by atoms with Crippen LogP contribution in [0.3, 0.4) is 0 Å². The normalized spacial score (nSPS) is 10.2. The topological polar surface area (TPSA) is 85.4 Å². The van der Waals surface area contributed by atoms with Gasteiger partial charge in [-0.3, -0.25) is 14.4 Å². The molecule has 0 unspecified atom stereocenters. The largest absolute Gasteiger partial charge is 0.469 e. The van der Waals surface area contributed by atoms with Crippen molar-refractivity contribution in [3.8, 4) is 0 Å². The van der Waals surface area contributed by atoms with Crippen LogP contribution in [0.25, 0.3) is 0 Å². The molecule has 126 valence electrons. The second-order valence-corrected chi connectivity index (χ2v) is 5.73. The van der Waals surface area contributed by atoms with E-state index in [9.17, 15) is 18.8 Å². The van der Waals surface area contributed by atoms with E-state index < -0.39 is 11.8 Å². The van der Waals surface area contributed by atoms with E-state index in [-0.39, 0.29) is 31.0 Å². The van der Waals surface area contributed by atoms with Crippen molar-refractivity contribution in [2.45, 2.75) is 19.3 Å². The Hall–Kier alpha value is -2.61. The van der Waals surface area contributed by atoms with E-state index in [4.69, 9.17) is 0 Å². The molecule has 1 aromatic heterocycles. The number of methoxy groups -OCH3 is 1. The van der Waals surface area contributed by atoms with E-state index in [1.807, 2.05) is 0 Å². The lowest BCUT2D eigenvalue weighted by Gasteiger charge is -2.02. The highest BCUT2D eigenvalue weighted by Crippen LogP contribution is 2.17. The molecule has 2 aromatic rings. The Morgan fingerprint density at radius 2 is 1.92 bits per heavy atom. The quantitative estimate of drug-likeness (QED) is 0.613. The zero-order valence-corrected chi connectivity index (χ0v) is 13.7. The summed E-state index contributed by atoms with van der Waals surface area (Å²) >= 11 is 1.19. The number of aromatic nitrogens is 1. The molecular formula is C16H15FN2O4S. The van der Waals surface area contributed by atoms with Gasteiger partial charge >= 0.3 is 5.97 Å². The number of halogens is 1. The Balaban J connectivity index is 1.82. The molecule has 1 heterocycles. The standard InChI is InChI=1S/C16H15FN2O4S/c1-23-15(22)8-12-9-24-16(18-12)19-14(21)7-6-13(20)10-2-4-11(17)5-3-10/h2-5,9H,6-8H2,1H3,(H,18,19,21). The van der Waals surface area contributed by atoms with Crippen molar-refractivity contribution in [3.63, 3.8) is 0 Å². The summed E-state index contributed by atoms with van der Waals surface area (Å²) in [6, 6.07) is 5.17. The number of esters is 1. The molecule has 0 spiro atoms. The lowest BCUT2D eigenvalue weighted by molar-refractivity contribution is -0.139. The summed E-state index contributed by atoms with van der Waals surface area (Å²) in [5.74, 6) is -1.43. The molecule has 24 heavy (non-hydrogen) atoms. The van der Waals surface area contributed by atoms with Crippen molar-refractivity contribution in [2.24, 2.45) is 0 Å². The van der Waals surface area contributed by atoms with Crippen molar-refractivity contribution in [3.05, 3.63) is 46.7 Å². The Kier molecular flexibility index (Phi) is 6.14. The fourth-order valence-corrected chi connectivity index (χ4v) is 2.58. The minimum absolute atomic E-state index is 0.0118. The van der Waals surface area contributed by atoms with Gasteiger partial charge in [0.15, 0.2) is 10.9 Å². The smallest absolute Gasteiger partial charge is 0.311 e. The maximum Gasteiger partial charge on any atom is 0.311 e. The third kappa shape index (κ3) is 5.24. The molecule has 2 rings (SSSR count). The van der Waals surface area contributed by atoms with Crippen molar-refractivity contribution < 1.29 is 23.5 Å². The lowest BCUT2D eigenvalue weighted by atomic mass is 10.1. The minimum Gasteiger partial charge on any atom is -0.469 e. The number of carbonyl (C=O) groups is 3. The van der Waals surface area contributed by atoms with Crippen LogP contribution in [0.2, 0.25) is 0 Å². The lowest BCUT2D eigenvalue weighted by Crippen LogP contribution is -2.13. The van der Waals surface area contributed by atoms with Gasteiger partial charge in [-0.25, -0.2) is 9.37 Å². The van der Waals surface area contributed by atoms with Crippen LogP contribution in [-0.2, 0) is 20.7 Å². The van der Waals surface area contributed by atoms with Gasteiger partial charge in [0.1, 0.15) is 5.82 Å². The first-order chi connectivity index (χ1) is 11.5. The summed E-state index contributed by atoms with van der Waals surface area (Å²) in [6.45, 7) is 0. The minimum atomic E-state index is -0.421. The molecule has 8 heteroatoms. The third-order valence-corrected chi connectivity index (χ3v) is 3.90. The first kappa shape index (κ1) is 17.7. The second-order valence-electron chi connectivity index (χ2n) is 4.88. The zero-order chi connectivity index (χ0) is 17.5. The van der Waals surface area contributed by atoms with Gasteiger partial charge in [0.25, 0.3) is 0 Å². The number of Topliss-reactive ketones (excluding diaryl/α,β-unsaturated/α-hetero) is 1. The maximum absolute atomic E-state index is 12.8. The Bertz CT molecular complexity index is 743. The zero-order valence-electron chi connectivity index (χ0n) is 12.9. The van der Waals surface area contributed by atoms with Crippen molar-refractivity contribution >= 4 is 34.1 Å². The van der Waals surface area contributed by atoms with Crippen LogP contribution < -0.4 is 5.32 Å². The van der Waals surface area contributed by atoms with Gasteiger partial charge in [-0.1, -0.05) is 0 Å². The molecule has 1 aromatic carbocycles.